The first-order valence-corrected chi connectivity index (χ1v) is 9.78. The van der Waals surface area contributed by atoms with Crippen molar-refractivity contribution in [3.8, 4) is 11.3 Å². The van der Waals surface area contributed by atoms with E-state index < -0.39 is 0 Å². The van der Waals surface area contributed by atoms with Crippen LogP contribution in [0.1, 0.15) is 25.7 Å². The number of fused-ring (bicyclic) bond motifs is 1. The van der Waals surface area contributed by atoms with Crippen molar-refractivity contribution < 1.29 is 0 Å². The number of hydrogen-bond donors (Lipinski definition) is 0. The molecule has 0 unspecified atom stereocenters. The van der Waals surface area contributed by atoms with Gasteiger partial charge in [0, 0.05) is 36.8 Å². The summed E-state index contributed by atoms with van der Waals surface area (Å²) >= 11 is 0. The van der Waals surface area contributed by atoms with Gasteiger partial charge in [-0.3, -0.25) is 0 Å². The fraction of sp³-hybridized carbons (Fsp3) is 0.429. The standard InChI is InChI=1S/C21H25N5/c1-2-6-17(7-3-1)19-16-21(26-20(23-19)8-11-22-26)25-14-9-18(10-15-25)24-12-4-5-13-24/h1-3,6-8,11,16,18H,4-5,9-10,12-15H2. The van der Waals surface area contributed by atoms with Crippen molar-refractivity contribution in [1.82, 2.24) is 19.5 Å². The maximum atomic E-state index is 4.80. The Kier molecular flexibility index (Phi) is 4.09. The highest BCUT2D eigenvalue weighted by atomic mass is 15.3. The summed E-state index contributed by atoms with van der Waals surface area (Å²) < 4.78 is 1.99. The van der Waals surface area contributed by atoms with Crippen LogP contribution in [0.5, 0.6) is 0 Å². The number of hydrogen-bond acceptors (Lipinski definition) is 4. The molecule has 0 spiro atoms. The Morgan fingerprint density at radius 2 is 1.65 bits per heavy atom. The highest BCUT2D eigenvalue weighted by molar-refractivity contribution is 5.66. The summed E-state index contributed by atoms with van der Waals surface area (Å²) in [6.07, 6.45) is 7.08. The van der Waals surface area contributed by atoms with Gasteiger partial charge in [0.05, 0.1) is 11.9 Å². The van der Waals surface area contributed by atoms with E-state index in [9.17, 15) is 0 Å². The lowest BCUT2D eigenvalue weighted by Crippen LogP contribution is -2.44. The zero-order valence-corrected chi connectivity index (χ0v) is 15.1. The lowest BCUT2D eigenvalue weighted by atomic mass is 10.0. The molecule has 0 atom stereocenters. The molecule has 3 aromatic rings. The summed E-state index contributed by atoms with van der Waals surface area (Å²) in [6, 6.07) is 15.4. The molecular weight excluding hydrogens is 322 g/mol. The first-order valence-electron chi connectivity index (χ1n) is 9.78. The molecular formula is C21H25N5. The summed E-state index contributed by atoms with van der Waals surface area (Å²) in [5.41, 5.74) is 3.10. The van der Waals surface area contributed by atoms with Gasteiger partial charge in [-0.05, 0) is 38.8 Å². The van der Waals surface area contributed by atoms with Crippen molar-refractivity contribution in [3.05, 3.63) is 48.7 Å². The van der Waals surface area contributed by atoms with Gasteiger partial charge >= 0.3 is 0 Å². The molecule has 0 bridgehead atoms. The van der Waals surface area contributed by atoms with Crippen LogP contribution in [0.15, 0.2) is 48.7 Å². The molecule has 2 aromatic heterocycles. The summed E-state index contributed by atoms with van der Waals surface area (Å²) in [7, 11) is 0. The summed E-state index contributed by atoms with van der Waals surface area (Å²) in [5.74, 6) is 1.17. The molecule has 2 fully saturated rings. The molecule has 26 heavy (non-hydrogen) atoms. The van der Waals surface area contributed by atoms with Crippen LogP contribution in [-0.4, -0.2) is 51.7 Å². The number of anilines is 1. The van der Waals surface area contributed by atoms with Crippen LogP contribution in [0.3, 0.4) is 0 Å². The van der Waals surface area contributed by atoms with Crippen LogP contribution in [0.2, 0.25) is 0 Å². The van der Waals surface area contributed by atoms with Gasteiger partial charge in [0.25, 0.3) is 0 Å². The van der Waals surface area contributed by atoms with Gasteiger partial charge < -0.3 is 9.80 Å². The smallest absolute Gasteiger partial charge is 0.157 e. The van der Waals surface area contributed by atoms with Crippen LogP contribution >= 0.6 is 0 Å². The first kappa shape index (κ1) is 15.8. The highest BCUT2D eigenvalue weighted by Gasteiger charge is 2.27. The Morgan fingerprint density at radius 1 is 0.885 bits per heavy atom. The minimum Gasteiger partial charge on any atom is -0.356 e. The molecule has 0 saturated carbocycles. The van der Waals surface area contributed by atoms with E-state index in [4.69, 9.17) is 4.98 Å². The molecule has 0 radical (unpaired) electrons. The first-order chi connectivity index (χ1) is 12.9. The molecule has 5 rings (SSSR count). The topological polar surface area (TPSA) is 36.7 Å². The third kappa shape index (κ3) is 2.86. The molecule has 4 heterocycles. The maximum absolute atomic E-state index is 4.80. The number of piperidine rings is 1. The summed E-state index contributed by atoms with van der Waals surface area (Å²) in [6.45, 7) is 4.77. The van der Waals surface area contributed by atoms with E-state index in [1.807, 2.05) is 22.8 Å². The monoisotopic (exact) mass is 347 g/mol. The van der Waals surface area contributed by atoms with Gasteiger partial charge in [0.15, 0.2) is 5.65 Å². The Bertz CT molecular complexity index is 874. The number of aromatic nitrogens is 3. The van der Waals surface area contributed by atoms with Gasteiger partial charge in [-0.2, -0.15) is 9.61 Å². The second-order valence-electron chi connectivity index (χ2n) is 7.43. The van der Waals surface area contributed by atoms with Crippen molar-refractivity contribution in [2.24, 2.45) is 0 Å². The van der Waals surface area contributed by atoms with Crippen LogP contribution in [0, 0.1) is 0 Å². The van der Waals surface area contributed by atoms with Gasteiger partial charge in [0.1, 0.15) is 5.82 Å². The molecule has 5 heteroatoms. The molecule has 134 valence electrons. The van der Waals surface area contributed by atoms with Crippen molar-refractivity contribution in [2.75, 3.05) is 31.1 Å². The third-order valence-corrected chi connectivity index (χ3v) is 5.86. The molecule has 0 aliphatic carbocycles. The Balaban J connectivity index is 1.44. The number of nitrogens with zero attached hydrogens (tertiary/aromatic N) is 5. The quantitative estimate of drug-likeness (QED) is 0.727. The Morgan fingerprint density at radius 3 is 2.42 bits per heavy atom. The van der Waals surface area contributed by atoms with Crippen molar-refractivity contribution in [1.29, 1.82) is 0 Å². The van der Waals surface area contributed by atoms with Crippen LogP contribution in [0.25, 0.3) is 16.9 Å². The SMILES string of the molecule is c1ccc(-c2cc(N3CCC(N4CCCC4)CC3)n3nccc3n2)cc1. The predicted octanol–water partition coefficient (Wildman–Crippen LogP) is 3.46. The number of benzene rings is 1. The maximum Gasteiger partial charge on any atom is 0.157 e. The second kappa shape index (κ2) is 6.72. The van der Waals surface area contributed by atoms with Gasteiger partial charge in [-0.15, -0.1) is 0 Å². The van der Waals surface area contributed by atoms with Crippen LogP contribution < -0.4 is 4.90 Å². The number of rotatable bonds is 3. The molecule has 2 saturated heterocycles. The average molecular weight is 347 g/mol. The van der Waals surface area contributed by atoms with E-state index in [-0.39, 0.29) is 0 Å². The molecule has 2 aliphatic rings. The zero-order valence-electron chi connectivity index (χ0n) is 15.1. The van der Waals surface area contributed by atoms with E-state index in [1.54, 1.807) is 0 Å². The normalized spacial score (nSPS) is 19.5. The van der Waals surface area contributed by atoms with Gasteiger partial charge in [0.2, 0.25) is 0 Å². The fourth-order valence-corrected chi connectivity index (χ4v) is 4.45. The zero-order chi connectivity index (χ0) is 17.3. The summed E-state index contributed by atoms with van der Waals surface area (Å²) in [4.78, 5) is 9.99. The van der Waals surface area contributed by atoms with Crippen LogP contribution in [-0.2, 0) is 0 Å². The largest absolute Gasteiger partial charge is 0.356 e. The predicted molar refractivity (Wildman–Crippen MR) is 104 cm³/mol. The van der Waals surface area contributed by atoms with E-state index in [0.29, 0.717) is 0 Å². The fourth-order valence-electron chi connectivity index (χ4n) is 4.45. The molecule has 0 amide bonds. The molecule has 2 aliphatic heterocycles. The minimum atomic E-state index is 0.761. The van der Waals surface area contributed by atoms with Gasteiger partial charge in [-0.25, -0.2) is 4.98 Å². The third-order valence-electron chi connectivity index (χ3n) is 5.86. The van der Waals surface area contributed by atoms with Crippen molar-refractivity contribution in [3.63, 3.8) is 0 Å². The molecule has 0 N–H and O–H groups in total. The van der Waals surface area contributed by atoms with Crippen molar-refractivity contribution >= 4 is 11.5 Å². The molecule has 1 aromatic carbocycles. The van der Waals surface area contributed by atoms with E-state index in [0.717, 1.165) is 36.0 Å². The minimum absolute atomic E-state index is 0.761. The van der Waals surface area contributed by atoms with E-state index >= 15 is 0 Å². The average Bonchev–Trinajstić information content (AvgIpc) is 3.40. The lowest BCUT2D eigenvalue weighted by Gasteiger charge is -2.37. The van der Waals surface area contributed by atoms with E-state index in [1.165, 1.54) is 44.6 Å². The van der Waals surface area contributed by atoms with Gasteiger partial charge in [-0.1, -0.05) is 30.3 Å². The van der Waals surface area contributed by atoms with Crippen LogP contribution in [0.4, 0.5) is 5.82 Å². The molecule has 5 nitrogen and oxygen atoms in total. The Hall–Kier alpha value is -2.40. The second-order valence-corrected chi connectivity index (χ2v) is 7.43. The Labute approximate surface area is 154 Å². The highest BCUT2D eigenvalue weighted by Crippen LogP contribution is 2.28. The summed E-state index contributed by atoms with van der Waals surface area (Å²) in [5, 5.41) is 4.53. The number of likely N-dealkylation sites (tertiary alicyclic amines) is 1. The van der Waals surface area contributed by atoms with E-state index in [2.05, 4.69) is 45.2 Å². The van der Waals surface area contributed by atoms with Crippen molar-refractivity contribution in [2.45, 2.75) is 31.7 Å². The lowest BCUT2D eigenvalue weighted by molar-refractivity contribution is 0.207.